The highest BCUT2D eigenvalue weighted by Gasteiger charge is 2.21. The van der Waals surface area contributed by atoms with Crippen molar-refractivity contribution in [2.45, 2.75) is 13.3 Å². The number of aryl methyl sites for hydroxylation is 1. The average molecular weight is 293 g/mol. The van der Waals surface area contributed by atoms with Gasteiger partial charge in [0.2, 0.25) is 0 Å². The highest BCUT2D eigenvalue weighted by Crippen LogP contribution is 2.29. The lowest BCUT2D eigenvalue weighted by Crippen LogP contribution is -2.38. The van der Waals surface area contributed by atoms with Gasteiger partial charge in [0.05, 0.1) is 10.4 Å². The zero-order valence-corrected chi connectivity index (χ0v) is 10.9. The highest BCUT2D eigenvalue weighted by molar-refractivity contribution is 5.99. The molecule has 0 atom stereocenters. The molecule has 1 aromatic heterocycles. The molecule has 0 bridgehead atoms. The van der Waals surface area contributed by atoms with Crippen LogP contribution in [-0.2, 0) is 6.42 Å². The predicted octanol–water partition coefficient (Wildman–Crippen LogP) is 0.752. The number of carboxylic acid groups (broad SMARTS) is 1. The molecule has 0 aliphatic rings. The van der Waals surface area contributed by atoms with Crippen LogP contribution in [0.15, 0.2) is 16.9 Å². The largest absolute Gasteiger partial charge is 0.464 e. The SMILES string of the molecule is CCc1cc([N+](=O)[O-])cc2[nH]c(=O)nc(N(N)C(=O)O)c12. The lowest BCUT2D eigenvalue weighted by molar-refractivity contribution is -0.384. The van der Waals surface area contributed by atoms with Gasteiger partial charge in [-0.2, -0.15) is 9.99 Å². The molecule has 2 rings (SSSR count). The van der Waals surface area contributed by atoms with Gasteiger partial charge < -0.3 is 10.1 Å². The summed E-state index contributed by atoms with van der Waals surface area (Å²) >= 11 is 0. The number of hydrazine groups is 1. The van der Waals surface area contributed by atoms with E-state index in [4.69, 9.17) is 10.9 Å². The Morgan fingerprint density at radius 1 is 1.57 bits per heavy atom. The van der Waals surface area contributed by atoms with Crippen LogP contribution in [0.5, 0.6) is 0 Å². The smallest absolute Gasteiger partial charge is 0.427 e. The fraction of sp³-hybridized carbons (Fsp3) is 0.182. The fourth-order valence-corrected chi connectivity index (χ4v) is 1.99. The number of nitro benzene ring substituents is 1. The Balaban J connectivity index is 2.91. The molecule has 0 saturated heterocycles. The minimum atomic E-state index is -1.50. The third-order valence-corrected chi connectivity index (χ3v) is 2.90. The number of carbonyl (C=O) groups is 1. The Kier molecular flexibility index (Phi) is 3.54. The van der Waals surface area contributed by atoms with Gasteiger partial charge in [0.25, 0.3) is 5.69 Å². The average Bonchev–Trinajstić information content (AvgIpc) is 2.43. The third kappa shape index (κ3) is 2.51. The van der Waals surface area contributed by atoms with E-state index in [0.717, 1.165) is 6.07 Å². The van der Waals surface area contributed by atoms with E-state index < -0.39 is 16.7 Å². The number of nitrogens with zero attached hydrogens (tertiary/aromatic N) is 3. The van der Waals surface area contributed by atoms with Gasteiger partial charge in [0, 0.05) is 17.5 Å². The number of nitro groups is 1. The van der Waals surface area contributed by atoms with E-state index in [1.807, 2.05) is 0 Å². The first-order chi connectivity index (χ1) is 9.85. The number of aromatic amines is 1. The summed E-state index contributed by atoms with van der Waals surface area (Å²) in [4.78, 5) is 38.7. The maximum Gasteiger partial charge on any atom is 0.427 e. The van der Waals surface area contributed by atoms with E-state index >= 15 is 0 Å². The third-order valence-electron chi connectivity index (χ3n) is 2.90. The van der Waals surface area contributed by atoms with Crippen molar-refractivity contribution < 1.29 is 14.8 Å². The van der Waals surface area contributed by atoms with E-state index in [9.17, 15) is 19.7 Å². The Bertz CT molecular complexity index is 799. The lowest BCUT2D eigenvalue weighted by atomic mass is 10.1. The topological polar surface area (TPSA) is 155 Å². The van der Waals surface area contributed by atoms with Gasteiger partial charge in [-0.3, -0.25) is 10.1 Å². The number of anilines is 1. The quantitative estimate of drug-likeness (QED) is 0.326. The van der Waals surface area contributed by atoms with Crippen molar-refractivity contribution in [2.75, 3.05) is 5.01 Å². The second kappa shape index (κ2) is 5.17. The Morgan fingerprint density at radius 2 is 2.24 bits per heavy atom. The molecule has 110 valence electrons. The number of rotatable bonds is 3. The number of hydrogen-bond acceptors (Lipinski definition) is 6. The van der Waals surface area contributed by atoms with Crippen LogP contribution < -0.4 is 16.5 Å². The molecule has 1 amide bonds. The summed E-state index contributed by atoms with van der Waals surface area (Å²) in [6, 6.07) is 2.43. The number of nitrogens with one attached hydrogen (secondary N) is 1. The number of aromatic nitrogens is 2. The maximum atomic E-state index is 11.5. The number of benzene rings is 1. The number of fused-ring (bicyclic) bond motifs is 1. The van der Waals surface area contributed by atoms with Crippen LogP contribution in [0.25, 0.3) is 10.9 Å². The van der Waals surface area contributed by atoms with E-state index in [0.29, 0.717) is 17.0 Å². The minimum Gasteiger partial charge on any atom is -0.464 e. The summed E-state index contributed by atoms with van der Waals surface area (Å²) in [6.07, 6.45) is -1.14. The molecular formula is C11H11N5O5. The number of amides is 1. The molecule has 10 nitrogen and oxygen atoms in total. The standard InChI is InChI=1S/C11H11N5O5/c1-2-5-3-6(16(20)21)4-7-8(5)9(14-10(17)13-7)15(12)11(18)19/h3-4H,2,12H2,1H3,(H,18,19)(H,13,14,17). The van der Waals surface area contributed by atoms with E-state index in [1.54, 1.807) is 6.92 Å². The molecule has 4 N–H and O–H groups in total. The first-order valence-electron chi connectivity index (χ1n) is 5.84. The van der Waals surface area contributed by atoms with E-state index in [2.05, 4.69) is 9.97 Å². The van der Waals surface area contributed by atoms with Crippen molar-refractivity contribution in [3.8, 4) is 0 Å². The number of hydrogen-bond donors (Lipinski definition) is 3. The van der Waals surface area contributed by atoms with Crippen molar-refractivity contribution in [1.29, 1.82) is 0 Å². The molecule has 0 radical (unpaired) electrons. The zero-order chi connectivity index (χ0) is 15.7. The first kappa shape index (κ1) is 14.4. The van der Waals surface area contributed by atoms with Crippen LogP contribution in [0.1, 0.15) is 12.5 Å². The number of non-ortho nitro benzene ring substituents is 1. The molecule has 10 heteroatoms. The summed E-state index contributed by atoms with van der Waals surface area (Å²) in [5, 5.41) is 20.4. The highest BCUT2D eigenvalue weighted by atomic mass is 16.6. The Labute approximate surface area is 116 Å². The number of H-pyrrole nitrogens is 1. The van der Waals surface area contributed by atoms with E-state index in [-0.39, 0.29) is 22.4 Å². The first-order valence-corrected chi connectivity index (χ1v) is 5.84. The lowest BCUT2D eigenvalue weighted by Gasteiger charge is -2.15. The molecule has 0 spiro atoms. The van der Waals surface area contributed by atoms with Crippen molar-refractivity contribution in [3.63, 3.8) is 0 Å². The molecule has 0 aliphatic heterocycles. The van der Waals surface area contributed by atoms with Gasteiger partial charge in [-0.1, -0.05) is 6.92 Å². The maximum absolute atomic E-state index is 11.5. The van der Waals surface area contributed by atoms with Crippen LogP contribution in [0, 0.1) is 10.1 Å². The van der Waals surface area contributed by atoms with Crippen molar-refractivity contribution >= 4 is 28.5 Å². The van der Waals surface area contributed by atoms with Crippen LogP contribution in [0.2, 0.25) is 0 Å². The van der Waals surface area contributed by atoms with Gasteiger partial charge in [0.1, 0.15) is 0 Å². The van der Waals surface area contributed by atoms with Crippen molar-refractivity contribution in [3.05, 3.63) is 38.3 Å². The van der Waals surface area contributed by atoms with Crippen LogP contribution in [0.4, 0.5) is 16.3 Å². The zero-order valence-electron chi connectivity index (χ0n) is 10.9. The van der Waals surface area contributed by atoms with Gasteiger partial charge in [-0.25, -0.2) is 15.4 Å². The summed E-state index contributed by atoms with van der Waals surface area (Å²) in [7, 11) is 0. The van der Waals surface area contributed by atoms with Crippen molar-refractivity contribution in [1.82, 2.24) is 9.97 Å². The summed E-state index contributed by atoms with van der Waals surface area (Å²) in [5.41, 5.74) is -0.509. The molecule has 1 heterocycles. The summed E-state index contributed by atoms with van der Waals surface area (Å²) in [6.45, 7) is 1.73. The minimum absolute atomic E-state index is 0.104. The molecule has 0 saturated carbocycles. The fourth-order valence-electron chi connectivity index (χ4n) is 1.99. The van der Waals surface area contributed by atoms with Crippen molar-refractivity contribution in [2.24, 2.45) is 5.84 Å². The Hall–Kier alpha value is -3.01. The number of nitrogens with two attached hydrogens (primary N) is 1. The predicted molar refractivity (Wildman–Crippen MR) is 73.1 cm³/mol. The molecule has 0 unspecified atom stereocenters. The normalized spacial score (nSPS) is 10.6. The second-order valence-corrected chi connectivity index (χ2v) is 4.16. The Morgan fingerprint density at radius 3 is 2.76 bits per heavy atom. The van der Waals surface area contributed by atoms with Gasteiger partial charge in [-0.15, -0.1) is 0 Å². The molecule has 2 aromatic rings. The van der Waals surface area contributed by atoms with Crippen LogP contribution in [0.3, 0.4) is 0 Å². The monoisotopic (exact) mass is 293 g/mol. The van der Waals surface area contributed by atoms with Crippen LogP contribution in [-0.4, -0.2) is 26.1 Å². The molecule has 1 aromatic carbocycles. The van der Waals surface area contributed by atoms with Gasteiger partial charge in [0.15, 0.2) is 5.82 Å². The molecule has 0 fully saturated rings. The molecule has 0 aliphatic carbocycles. The molecule has 21 heavy (non-hydrogen) atoms. The van der Waals surface area contributed by atoms with Gasteiger partial charge in [-0.05, 0) is 12.0 Å². The molecular weight excluding hydrogens is 282 g/mol. The van der Waals surface area contributed by atoms with E-state index in [1.165, 1.54) is 6.07 Å². The second-order valence-electron chi connectivity index (χ2n) is 4.16. The summed E-state index contributed by atoms with van der Waals surface area (Å²) in [5.74, 6) is 5.11. The summed E-state index contributed by atoms with van der Waals surface area (Å²) < 4.78 is 0. The van der Waals surface area contributed by atoms with Gasteiger partial charge >= 0.3 is 11.8 Å². The van der Waals surface area contributed by atoms with Crippen LogP contribution >= 0.6 is 0 Å².